The summed E-state index contributed by atoms with van der Waals surface area (Å²) >= 11 is 11.2. The topological polar surface area (TPSA) is 181 Å². The van der Waals surface area contributed by atoms with Gasteiger partial charge in [0, 0.05) is 31.8 Å². The highest BCUT2D eigenvalue weighted by molar-refractivity contribution is 6.30. The van der Waals surface area contributed by atoms with Gasteiger partial charge in [0.1, 0.15) is 11.6 Å². The van der Waals surface area contributed by atoms with Crippen molar-refractivity contribution in [1.29, 1.82) is 0 Å². The Morgan fingerprint density at radius 3 is 2.11 bits per heavy atom. The summed E-state index contributed by atoms with van der Waals surface area (Å²) in [5, 5.41) is 35.9. The molecule has 12 nitrogen and oxygen atoms in total. The number of nitro benzene ring substituents is 1. The van der Waals surface area contributed by atoms with Crippen LogP contribution in [-0.2, 0) is 16.0 Å². The molecule has 3 rings (SSSR count). The summed E-state index contributed by atoms with van der Waals surface area (Å²) in [6.45, 7) is 1.16. The number of rotatable bonds is 12. The molecule has 36 heavy (non-hydrogen) atoms. The predicted molar refractivity (Wildman–Crippen MR) is 131 cm³/mol. The lowest BCUT2D eigenvalue weighted by Gasteiger charge is -2.01. The van der Waals surface area contributed by atoms with Gasteiger partial charge < -0.3 is 24.8 Å². The molecule has 0 radical (unpaired) electrons. The van der Waals surface area contributed by atoms with Crippen LogP contribution in [0.15, 0.2) is 24.3 Å². The molecule has 1 aliphatic rings. The van der Waals surface area contributed by atoms with E-state index in [1.807, 2.05) is 0 Å². The highest BCUT2D eigenvalue weighted by atomic mass is 35.5. The van der Waals surface area contributed by atoms with Crippen molar-refractivity contribution in [2.75, 3.05) is 26.4 Å². The molecule has 1 fully saturated rings. The number of nitro groups is 1. The third-order valence-corrected chi connectivity index (χ3v) is 4.71. The van der Waals surface area contributed by atoms with Gasteiger partial charge >= 0.3 is 5.97 Å². The minimum absolute atomic E-state index is 0.0723. The number of aryl methyl sites for hydroxylation is 1. The monoisotopic (exact) mass is 548 g/mol. The second-order valence-electron chi connectivity index (χ2n) is 7.34. The van der Waals surface area contributed by atoms with Crippen LogP contribution in [0.2, 0.25) is 10.6 Å². The number of halogens is 2. The molecule has 1 saturated heterocycles. The molecule has 2 aromatic rings. The Bertz CT molecular complexity index is 897. The average Bonchev–Trinajstić information content (AvgIpc) is 3.66. The first-order valence-electron chi connectivity index (χ1n) is 11.2. The Morgan fingerprint density at radius 1 is 1.00 bits per heavy atom. The number of unbranched alkanes of at least 4 members (excludes halogenated alkanes) is 2. The zero-order valence-electron chi connectivity index (χ0n) is 19.6. The average molecular weight is 549 g/mol. The van der Waals surface area contributed by atoms with E-state index in [0.717, 1.165) is 38.7 Å². The van der Waals surface area contributed by atoms with Crippen LogP contribution in [0.5, 0.6) is 5.75 Å². The highest BCUT2D eigenvalue weighted by Gasteiger charge is 2.20. The molecule has 1 unspecified atom stereocenters. The molecule has 1 aromatic carbocycles. The van der Waals surface area contributed by atoms with Crippen LogP contribution in [0.4, 0.5) is 5.69 Å². The van der Waals surface area contributed by atoms with E-state index in [9.17, 15) is 14.9 Å². The molecule has 1 aromatic heterocycles. The summed E-state index contributed by atoms with van der Waals surface area (Å²) in [5.41, 5.74) is -0.0723. The quantitative estimate of drug-likeness (QED) is 0.0884. The number of carbonyl (C=O) groups is 1. The minimum atomic E-state index is -0.577. The second-order valence-corrected chi connectivity index (χ2v) is 8.02. The van der Waals surface area contributed by atoms with Crippen LogP contribution in [0, 0.1) is 10.1 Å². The number of aliphatic hydroxyl groups excluding tert-OH is 3. The van der Waals surface area contributed by atoms with Gasteiger partial charge in [0.25, 0.3) is 5.69 Å². The molecular weight excluding hydrogens is 519 g/mol. The minimum Gasteiger partial charge on any atom is -0.426 e. The number of epoxide rings is 1. The van der Waals surface area contributed by atoms with Crippen molar-refractivity contribution in [3.05, 3.63) is 50.8 Å². The standard InChI is InChI=1S/C9H9NO5.C8H11Cl2N3O.C5H10O2/c11-6-5-9(12)15-8-3-1-7(2-4-8)10(13)14;9-7-11-6(12-8(10)13-7)4-2-1-3-5-14;6-3-1-2-5-4-7-5/h1-4,11H,5-6H2;14H,1-5H2;5-6H,1-4H2. The number of hydrogen-bond acceptors (Lipinski definition) is 11. The van der Waals surface area contributed by atoms with E-state index in [-0.39, 0.29) is 41.6 Å². The first kappa shape index (κ1) is 31.5. The number of aromatic nitrogens is 3. The number of nitrogens with zero attached hydrogens (tertiary/aromatic N) is 4. The highest BCUT2D eigenvalue weighted by Crippen LogP contribution is 2.17. The third-order valence-electron chi connectivity index (χ3n) is 4.37. The Labute approximate surface area is 218 Å². The summed E-state index contributed by atoms with van der Waals surface area (Å²) < 4.78 is 9.67. The zero-order valence-corrected chi connectivity index (χ0v) is 21.1. The number of hydrogen-bond donors (Lipinski definition) is 3. The lowest BCUT2D eigenvalue weighted by molar-refractivity contribution is -0.384. The van der Waals surface area contributed by atoms with Gasteiger partial charge in [0.2, 0.25) is 10.6 Å². The van der Waals surface area contributed by atoms with Gasteiger partial charge in [-0.1, -0.05) is 6.42 Å². The zero-order chi connectivity index (χ0) is 26.8. The summed E-state index contributed by atoms with van der Waals surface area (Å²) in [7, 11) is 0. The van der Waals surface area contributed by atoms with Crippen molar-refractivity contribution < 1.29 is 34.5 Å². The van der Waals surface area contributed by atoms with E-state index in [0.29, 0.717) is 25.0 Å². The normalized spacial score (nSPS) is 13.5. The molecule has 14 heteroatoms. The molecule has 0 aliphatic carbocycles. The van der Waals surface area contributed by atoms with Crippen LogP contribution >= 0.6 is 23.2 Å². The molecule has 2 heterocycles. The summed E-state index contributed by atoms with van der Waals surface area (Å²) in [6, 6.07) is 5.13. The number of esters is 1. The van der Waals surface area contributed by atoms with Crippen molar-refractivity contribution in [3.63, 3.8) is 0 Å². The lowest BCUT2D eigenvalue weighted by atomic mass is 10.2. The van der Waals surface area contributed by atoms with Crippen LogP contribution in [0.1, 0.15) is 44.3 Å². The van der Waals surface area contributed by atoms with Gasteiger partial charge in [-0.15, -0.1) is 0 Å². The maximum atomic E-state index is 10.9. The first-order valence-corrected chi connectivity index (χ1v) is 12.0. The van der Waals surface area contributed by atoms with Gasteiger partial charge in [0.05, 0.1) is 30.7 Å². The SMILES string of the molecule is O=C(CCO)Oc1ccc([N+](=O)[O-])cc1.OCCCC1CO1.OCCCCCc1nc(Cl)nc(Cl)n1. The molecule has 0 spiro atoms. The van der Waals surface area contributed by atoms with E-state index >= 15 is 0 Å². The molecule has 0 bridgehead atoms. The van der Waals surface area contributed by atoms with Crippen molar-refractivity contribution in [2.24, 2.45) is 0 Å². The maximum absolute atomic E-state index is 10.9. The van der Waals surface area contributed by atoms with E-state index in [1.165, 1.54) is 24.3 Å². The summed E-state index contributed by atoms with van der Waals surface area (Å²) in [4.78, 5) is 32.2. The van der Waals surface area contributed by atoms with Crippen LogP contribution in [0.25, 0.3) is 0 Å². The van der Waals surface area contributed by atoms with Gasteiger partial charge in [-0.3, -0.25) is 14.9 Å². The number of ether oxygens (including phenoxy) is 2. The maximum Gasteiger partial charge on any atom is 0.313 e. The molecular formula is C22H30Cl2N4O8. The van der Waals surface area contributed by atoms with Crippen molar-refractivity contribution in [3.8, 4) is 5.75 Å². The summed E-state index contributed by atoms with van der Waals surface area (Å²) in [5.74, 6) is 0.248. The van der Waals surface area contributed by atoms with E-state index in [4.69, 9.17) is 48.0 Å². The van der Waals surface area contributed by atoms with Crippen LogP contribution < -0.4 is 4.74 Å². The number of carbonyl (C=O) groups excluding carboxylic acids is 1. The van der Waals surface area contributed by atoms with Gasteiger partial charge in [-0.05, 0) is 61.0 Å². The van der Waals surface area contributed by atoms with Gasteiger partial charge in [-0.2, -0.15) is 4.98 Å². The van der Waals surface area contributed by atoms with Crippen LogP contribution in [0.3, 0.4) is 0 Å². The smallest absolute Gasteiger partial charge is 0.313 e. The van der Waals surface area contributed by atoms with Gasteiger partial charge in [0.15, 0.2) is 0 Å². The largest absolute Gasteiger partial charge is 0.426 e. The van der Waals surface area contributed by atoms with Crippen LogP contribution in [-0.4, -0.2) is 73.7 Å². The van der Waals surface area contributed by atoms with E-state index in [1.54, 1.807) is 0 Å². The fraction of sp³-hybridized carbons (Fsp3) is 0.545. The molecule has 1 aliphatic heterocycles. The number of benzene rings is 1. The predicted octanol–water partition coefficient (Wildman–Crippen LogP) is 2.92. The summed E-state index contributed by atoms with van der Waals surface area (Å²) in [6.07, 6.45) is 5.69. The number of aliphatic hydroxyl groups is 3. The van der Waals surface area contributed by atoms with E-state index in [2.05, 4.69) is 15.0 Å². The molecule has 3 N–H and O–H groups in total. The van der Waals surface area contributed by atoms with E-state index < -0.39 is 10.9 Å². The van der Waals surface area contributed by atoms with Gasteiger partial charge in [-0.25, -0.2) is 9.97 Å². The Morgan fingerprint density at radius 2 is 1.61 bits per heavy atom. The second kappa shape index (κ2) is 18.7. The fourth-order valence-corrected chi connectivity index (χ4v) is 2.91. The lowest BCUT2D eigenvalue weighted by Crippen LogP contribution is -2.09. The molecule has 0 amide bonds. The van der Waals surface area contributed by atoms with Crippen molar-refractivity contribution >= 4 is 34.9 Å². The molecule has 0 saturated carbocycles. The first-order chi connectivity index (χ1) is 17.3. The van der Waals surface area contributed by atoms with Crippen molar-refractivity contribution in [1.82, 2.24) is 15.0 Å². The molecule has 200 valence electrons. The fourth-order valence-electron chi connectivity index (χ4n) is 2.51. The Balaban J connectivity index is 0.000000287. The third kappa shape index (κ3) is 15.5. The Kier molecular flexibility index (Phi) is 16.4. The molecule has 1 atom stereocenters. The van der Waals surface area contributed by atoms with Crippen molar-refractivity contribution in [2.45, 2.75) is 51.0 Å². The Hall–Kier alpha value is -2.48. The number of non-ortho nitro benzene ring substituents is 1.